The zero-order valence-electron chi connectivity index (χ0n) is 15.7. The number of carbonyl (C=O) groups excluding carboxylic acids is 1. The normalized spacial score (nSPS) is 16.9. The van der Waals surface area contributed by atoms with Gasteiger partial charge in [-0.05, 0) is 54.8 Å². The molecule has 1 aliphatic heterocycles. The summed E-state index contributed by atoms with van der Waals surface area (Å²) in [7, 11) is -3.92. The van der Waals surface area contributed by atoms with Gasteiger partial charge < -0.3 is 10.1 Å². The van der Waals surface area contributed by atoms with Crippen molar-refractivity contribution in [2.45, 2.75) is 30.4 Å². The minimum absolute atomic E-state index is 0.0128. The van der Waals surface area contributed by atoms with Gasteiger partial charge in [0.2, 0.25) is 15.9 Å². The van der Waals surface area contributed by atoms with Gasteiger partial charge in [-0.25, -0.2) is 8.42 Å². The van der Waals surface area contributed by atoms with Gasteiger partial charge in [-0.3, -0.25) is 4.79 Å². The number of halogens is 2. The van der Waals surface area contributed by atoms with Crippen molar-refractivity contribution in [1.82, 2.24) is 9.62 Å². The second kappa shape index (κ2) is 9.91. The van der Waals surface area contributed by atoms with E-state index in [0.717, 1.165) is 17.1 Å². The summed E-state index contributed by atoms with van der Waals surface area (Å²) in [6, 6.07) is 12.7. The standard InChI is InChI=1S/C20H22Cl2N2O4S/c21-16-6-8-19(9-7-16)29(26,27)24(13-15-3-1-4-17(22)11-15)14-20(25)23-12-18-5-2-10-28-18/h1,3-4,6-9,11,18H,2,5,10,12-14H2,(H,23,25). The average molecular weight is 457 g/mol. The van der Waals surface area contributed by atoms with Crippen LogP contribution in [0.15, 0.2) is 53.4 Å². The Kier molecular flexibility index (Phi) is 7.54. The first-order valence-electron chi connectivity index (χ1n) is 9.23. The maximum absolute atomic E-state index is 13.2. The molecule has 1 atom stereocenters. The summed E-state index contributed by atoms with van der Waals surface area (Å²) < 4.78 is 33.0. The molecular weight excluding hydrogens is 435 g/mol. The van der Waals surface area contributed by atoms with Gasteiger partial charge in [0.25, 0.3) is 0 Å². The molecule has 1 fully saturated rings. The van der Waals surface area contributed by atoms with E-state index in [1.165, 1.54) is 24.3 Å². The Morgan fingerprint density at radius 2 is 1.90 bits per heavy atom. The third kappa shape index (κ3) is 6.17. The third-order valence-corrected chi connectivity index (χ3v) is 6.86. The van der Waals surface area contributed by atoms with E-state index in [2.05, 4.69) is 5.32 Å². The van der Waals surface area contributed by atoms with E-state index in [1.807, 2.05) is 0 Å². The van der Waals surface area contributed by atoms with E-state index in [1.54, 1.807) is 24.3 Å². The Morgan fingerprint density at radius 1 is 1.14 bits per heavy atom. The Hall–Kier alpha value is -1.64. The predicted octanol–water partition coefficient (Wildman–Crippen LogP) is 3.48. The maximum Gasteiger partial charge on any atom is 0.243 e. The highest BCUT2D eigenvalue weighted by Gasteiger charge is 2.27. The molecule has 156 valence electrons. The molecule has 0 spiro atoms. The summed E-state index contributed by atoms with van der Waals surface area (Å²) >= 11 is 11.9. The molecule has 1 aliphatic rings. The molecule has 1 heterocycles. The van der Waals surface area contributed by atoms with Crippen molar-refractivity contribution in [3.8, 4) is 0 Å². The van der Waals surface area contributed by atoms with Crippen molar-refractivity contribution in [1.29, 1.82) is 0 Å². The number of amides is 1. The van der Waals surface area contributed by atoms with Crippen LogP contribution < -0.4 is 5.32 Å². The number of sulfonamides is 1. The van der Waals surface area contributed by atoms with Crippen LogP contribution in [-0.2, 0) is 26.1 Å². The molecule has 0 aliphatic carbocycles. The molecule has 1 unspecified atom stereocenters. The Balaban J connectivity index is 1.78. The van der Waals surface area contributed by atoms with Crippen LogP contribution in [-0.4, -0.2) is 44.4 Å². The second-order valence-corrected chi connectivity index (χ2v) is 9.61. The van der Waals surface area contributed by atoms with E-state index in [-0.39, 0.29) is 30.0 Å². The third-order valence-electron chi connectivity index (χ3n) is 4.57. The molecular formula is C20H22Cl2N2O4S. The number of nitrogens with one attached hydrogen (secondary N) is 1. The molecule has 3 rings (SSSR count). The largest absolute Gasteiger partial charge is 0.376 e. The quantitative estimate of drug-likeness (QED) is 0.659. The number of benzene rings is 2. The molecule has 0 saturated carbocycles. The number of rotatable bonds is 8. The first kappa shape index (κ1) is 22.1. The van der Waals surface area contributed by atoms with Gasteiger partial charge in [-0.2, -0.15) is 4.31 Å². The first-order valence-corrected chi connectivity index (χ1v) is 11.4. The fourth-order valence-corrected chi connectivity index (χ4v) is 4.79. The number of hydrogen-bond donors (Lipinski definition) is 1. The van der Waals surface area contributed by atoms with E-state index < -0.39 is 10.0 Å². The van der Waals surface area contributed by atoms with Gasteiger partial charge in [0.05, 0.1) is 17.5 Å². The smallest absolute Gasteiger partial charge is 0.243 e. The number of nitrogens with zero attached hydrogens (tertiary/aromatic N) is 1. The SMILES string of the molecule is O=C(CN(Cc1cccc(Cl)c1)S(=O)(=O)c1ccc(Cl)cc1)NCC1CCCO1. The molecule has 9 heteroatoms. The number of carbonyl (C=O) groups is 1. The van der Waals surface area contributed by atoms with Crippen LogP contribution in [0, 0.1) is 0 Å². The maximum atomic E-state index is 13.2. The van der Waals surface area contributed by atoms with E-state index in [0.29, 0.717) is 28.8 Å². The first-order chi connectivity index (χ1) is 13.8. The molecule has 1 saturated heterocycles. The van der Waals surface area contributed by atoms with Crippen LogP contribution in [0.1, 0.15) is 18.4 Å². The van der Waals surface area contributed by atoms with Crippen LogP contribution in [0.3, 0.4) is 0 Å². The molecule has 6 nitrogen and oxygen atoms in total. The van der Waals surface area contributed by atoms with Crippen LogP contribution in [0.4, 0.5) is 0 Å². The minimum Gasteiger partial charge on any atom is -0.376 e. The van der Waals surface area contributed by atoms with Gasteiger partial charge in [0.1, 0.15) is 0 Å². The Morgan fingerprint density at radius 3 is 2.55 bits per heavy atom. The molecule has 29 heavy (non-hydrogen) atoms. The highest BCUT2D eigenvalue weighted by atomic mass is 35.5. The van der Waals surface area contributed by atoms with Gasteiger partial charge in [0.15, 0.2) is 0 Å². The molecule has 0 aromatic heterocycles. The summed E-state index contributed by atoms with van der Waals surface area (Å²) in [4.78, 5) is 12.5. The van der Waals surface area contributed by atoms with Crippen molar-refractivity contribution in [3.63, 3.8) is 0 Å². The molecule has 1 amide bonds. The van der Waals surface area contributed by atoms with Gasteiger partial charge >= 0.3 is 0 Å². The van der Waals surface area contributed by atoms with Gasteiger partial charge in [0, 0.05) is 29.7 Å². The zero-order chi connectivity index (χ0) is 20.9. The predicted molar refractivity (Wildman–Crippen MR) is 112 cm³/mol. The molecule has 2 aromatic rings. The van der Waals surface area contributed by atoms with E-state index in [9.17, 15) is 13.2 Å². The van der Waals surface area contributed by atoms with Crippen LogP contribution >= 0.6 is 23.2 Å². The summed E-state index contributed by atoms with van der Waals surface area (Å²) in [5, 5.41) is 3.69. The van der Waals surface area contributed by atoms with Gasteiger partial charge in [-0.1, -0.05) is 35.3 Å². The van der Waals surface area contributed by atoms with Gasteiger partial charge in [-0.15, -0.1) is 0 Å². The Labute approximate surface area is 180 Å². The molecule has 0 radical (unpaired) electrons. The molecule has 1 N–H and O–H groups in total. The van der Waals surface area contributed by atoms with Crippen molar-refractivity contribution in [2.24, 2.45) is 0 Å². The minimum atomic E-state index is -3.92. The van der Waals surface area contributed by atoms with E-state index in [4.69, 9.17) is 27.9 Å². The van der Waals surface area contributed by atoms with Crippen LogP contribution in [0.25, 0.3) is 0 Å². The lowest BCUT2D eigenvalue weighted by Crippen LogP contribution is -2.42. The van der Waals surface area contributed by atoms with Crippen molar-refractivity contribution < 1.29 is 17.9 Å². The monoisotopic (exact) mass is 456 g/mol. The van der Waals surface area contributed by atoms with E-state index >= 15 is 0 Å². The van der Waals surface area contributed by atoms with Crippen molar-refractivity contribution >= 4 is 39.1 Å². The molecule has 0 bridgehead atoms. The Bertz CT molecular complexity index is 945. The number of ether oxygens (including phenoxy) is 1. The fourth-order valence-electron chi connectivity index (χ4n) is 3.07. The lowest BCUT2D eigenvalue weighted by atomic mass is 10.2. The second-order valence-electron chi connectivity index (χ2n) is 6.80. The zero-order valence-corrected chi connectivity index (χ0v) is 18.0. The molecule has 2 aromatic carbocycles. The van der Waals surface area contributed by atoms with Crippen molar-refractivity contribution in [3.05, 3.63) is 64.1 Å². The highest BCUT2D eigenvalue weighted by Crippen LogP contribution is 2.21. The van der Waals surface area contributed by atoms with Crippen molar-refractivity contribution in [2.75, 3.05) is 19.7 Å². The topological polar surface area (TPSA) is 75.7 Å². The van der Waals surface area contributed by atoms with Crippen LogP contribution in [0.2, 0.25) is 10.0 Å². The summed E-state index contributed by atoms with van der Waals surface area (Å²) in [6.07, 6.45) is 1.83. The summed E-state index contributed by atoms with van der Waals surface area (Å²) in [5.41, 5.74) is 0.682. The fraction of sp³-hybridized carbons (Fsp3) is 0.350. The lowest BCUT2D eigenvalue weighted by Gasteiger charge is -2.22. The average Bonchev–Trinajstić information content (AvgIpc) is 3.20. The van der Waals surface area contributed by atoms with Crippen LogP contribution in [0.5, 0.6) is 0 Å². The summed E-state index contributed by atoms with van der Waals surface area (Å²) in [6.45, 7) is 0.750. The lowest BCUT2D eigenvalue weighted by molar-refractivity contribution is -0.121. The summed E-state index contributed by atoms with van der Waals surface area (Å²) in [5.74, 6) is -0.389. The number of hydrogen-bond acceptors (Lipinski definition) is 4. The highest BCUT2D eigenvalue weighted by molar-refractivity contribution is 7.89.